The highest BCUT2D eigenvalue weighted by Gasteiger charge is 2.21. The van der Waals surface area contributed by atoms with Crippen LogP contribution < -0.4 is 4.74 Å². The average molecular weight is 465 g/mol. The number of carboxylic acids is 1. The summed E-state index contributed by atoms with van der Waals surface area (Å²) in [6.45, 7) is 4.92. The Morgan fingerprint density at radius 3 is 2.27 bits per heavy atom. The quantitative estimate of drug-likeness (QED) is 0.315. The molecule has 0 fully saturated rings. The molecule has 1 rings (SSSR count). The van der Waals surface area contributed by atoms with Crippen LogP contribution in [0.1, 0.15) is 39.2 Å². The Bertz CT molecular complexity index is 812. The number of carbonyl (C=O) groups excluding carboxylic acids is 2. The monoisotopic (exact) mass is 464 g/mol. The molecule has 0 bridgehead atoms. The molecule has 0 saturated carbocycles. The fraction of sp³-hybridized carbons (Fsp3) is 0.458. The lowest BCUT2D eigenvalue weighted by atomic mass is 10.2. The van der Waals surface area contributed by atoms with Crippen molar-refractivity contribution in [2.45, 2.75) is 64.6 Å². The molecule has 0 aliphatic heterocycles. The Morgan fingerprint density at radius 2 is 1.70 bits per heavy atom. The van der Waals surface area contributed by atoms with E-state index in [0.717, 1.165) is 11.6 Å². The van der Waals surface area contributed by atoms with Crippen molar-refractivity contribution < 1.29 is 43.5 Å². The summed E-state index contributed by atoms with van der Waals surface area (Å²) in [7, 11) is 1.57. The smallest absolute Gasteiger partial charge is 0.330 e. The first-order valence-corrected chi connectivity index (χ1v) is 10.5. The van der Waals surface area contributed by atoms with Gasteiger partial charge in [0.2, 0.25) is 0 Å². The lowest BCUT2D eigenvalue weighted by molar-refractivity contribution is -0.156. The maximum absolute atomic E-state index is 12.1. The largest absolute Gasteiger partial charge is 0.497 e. The number of esters is 2. The number of rotatable bonds is 14. The molecule has 0 spiro atoms. The summed E-state index contributed by atoms with van der Waals surface area (Å²) in [6, 6.07) is 7.22. The molecule has 0 amide bonds. The first kappa shape index (κ1) is 27.9. The van der Waals surface area contributed by atoms with E-state index in [1.54, 1.807) is 33.1 Å². The molecule has 1 aromatic carbocycles. The van der Waals surface area contributed by atoms with Crippen LogP contribution in [0.2, 0.25) is 0 Å². The van der Waals surface area contributed by atoms with Gasteiger partial charge in [-0.1, -0.05) is 18.2 Å². The summed E-state index contributed by atoms with van der Waals surface area (Å²) in [5.41, 5.74) is 0.845. The summed E-state index contributed by atoms with van der Waals surface area (Å²) < 4.78 is 21.5. The molecule has 1 aromatic rings. The number of ether oxygens (including phenoxy) is 4. The van der Waals surface area contributed by atoms with Crippen LogP contribution in [-0.2, 0) is 35.2 Å². The minimum Gasteiger partial charge on any atom is -0.497 e. The average Bonchev–Trinajstić information content (AvgIpc) is 2.73. The Hall–Kier alpha value is -3.17. The topological polar surface area (TPSA) is 129 Å². The third-order valence-electron chi connectivity index (χ3n) is 4.31. The van der Waals surface area contributed by atoms with E-state index in [9.17, 15) is 19.5 Å². The second-order valence-corrected chi connectivity index (χ2v) is 7.45. The molecule has 0 aliphatic carbocycles. The molecule has 0 radical (unpaired) electrons. The van der Waals surface area contributed by atoms with E-state index >= 15 is 0 Å². The lowest BCUT2D eigenvalue weighted by Crippen LogP contribution is -2.31. The second kappa shape index (κ2) is 14.8. The van der Waals surface area contributed by atoms with Gasteiger partial charge in [0.1, 0.15) is 24.1 Å². The van der Waals surface area contributed by atoms with Crippen LogP contribution in [0.4, 0.5) is 0 Å². The molecule has 0 aliphatic rings. The van der Waals surface area contributed by atoms with Gasteiger partial charge in [-0.25, -0.2) is 9.59 Å². The molecule has 4 atom stereocenters. The molecule has 0 aromatic heterocycles. The zero-order valence-electron chi connectivity index (χ0n) is 19.3. The highest BCUT2D eigenvalue weighted by molar-refractivity contribution is 5.82. The highest BCUT2D eigenvalue weighted by Crippen LogP contribution is 2.15. The Morgan fingerprint density at radius 1 is 1.03 bits per heavy atom. The number of carbonyl (C=O) groups is 3. The van der Waals surface area contributed by atoms with Crippen molar-refractivity contribution in [2.24, 2.45) is 0 Å². The van der Waals surface area contributed by atoms with Crippen LogP contribution in [0.15, 0.2) is 48.6 Å². The Balaban J connectivity index is 2.78. The molecular formula is C24H32O9. The van der Waals surface area contributed by atoms with Crippen molar-refractivity contribution in [3.8, 4) is 5.75 Å². The predicted molar refractivity (Wildman–Crippen MR) is 120 cm³/mol. The lowest BCUT2D eigenvalue weighted by Gasteiger charge is -2.22. The number of aliphatic hydroxyl groups excluding tert-OH is 1. The highest BCUT2D eigenvalue weighted by atomic mass is 16.6. The van der Waals surface area contributed by atoms with Gasteiger partial charge in [-0.05, 0) is 44.5 Å². The zero-order chi connectivity index (χ0) is 24.8. The van der Waals surface area contributed by atoms with Crippen LogP contribution in [-0.4, -0.2) is 59.6 Å². The van der Waals surface area contributed by atoms with Gasteiger partial charge in [0, 0.05) is 18.6 Å². The van der Waals surface area contributed by atoms with Crippen LogP contribution in [0.25, 0.3) is 0 Å². The van der Waals surface area contributed by atoms with Gasteiger partial charge in [-0.15, -0.1) is 0 Å². The summed E-state index contributed by atoms with van der Waals surface area (Å²) in [6.07, 6.45) is 2.19. The van der Waals surface area contributed by atoms with E-state index in [1.165, 1.54) is 25.2 Å². The summed E-state index contributed by atoms with van der Waals surface area (Å²) >= 11 is 0. The van der Waals surface area contributed by atoms with Crippen LogP contribution in [0, 0.1) is 0 Å². The normalized spacial score (nSPS) is 15.1. The van der Waals surface area contributed by atoms with Crippen molar-refractivity contribution in [3.63, 3.8) is 0 Å². The summed E-state index contributed by atoms with van der Waals surface area (Å²) in [5, 5.41) is 18.0. The van der Waals surface area contributed by atoms with Gasteiger partial charge in [0.15, 0.2) is 0 Å². The molecular weight excluding hydrogens is 432 g/mol. The minimum absolute atomic E-state index is 0.164. The van der Waals surface area contributed by atoms with E-state index in [1.807, 2.05) is 12.1 Å². The molecule has 9 nitrogen and oxygen atoms in total. The van der Waals surface area contributed by atoms with Crippen molar-refractivity contribution in [3.05, 3.63) is 54.1 Å². The van der Waals surface area contributed by atoms with Gasteiger partial charge < -0.3 is 29.2 Å². The zero-order valence-corrected chi connectivity index (χ0v) is 19.3. The number of benzene rings is 1. The number of hydrogen-bond donors (Lipinski definition) is 2. The van der Waals surface area contributed by atoms with Gasteiger partial charge in [0.25, 0.3) is 0 Å². The standard InChI is InChI=1S/C24H32O9/c1-16(25)14-24(29)33-18(3)21(31-15-19-8-10-20(30-4)11-9-19)12-13-23(28)32-17(2)6-5-7-22(26)27/h5,7-13,16-18,21,25H,6,14-15H2,1-4H3,(H,26,27)/b7-5+,13-12+/t16-,17+,18+,21-/m1/s1. The predicted octanol–water partition coefficient (Wildman–Crippen LogP) is 2.80. The third kappa shape index (κ3) is 12.4. The molecule has 2 N–H and O–H groups in total. The first-order chi connectivity index (χ1) is 15.6. The Kier molecular flexibility index (Phi) is 12.5. The van der Waals surface area contributed by atoms with Crippen molar-refractivity contribution in [1.82, 2.24) is 0 Å². The van der Waals surface area contributed by atoms with Crippen LogP contribution in [0.3, 0.4) is 0 Å². The second-order valence-electron chi connectivity index (χ2n) is 7.45. The first-order valence-electron chi connectivity index (χ1n) is 10.5. The fourth-order valence-electron chi connectivity index (χ4n) is 2.65. The molecule has 182 valence electrons. The number of carboxylic acid groups (broad SMARTS) is 1. The van der Waals surface area contributed by atoms with Gasteiger partial charge in [-0.2, -0.15) is 0 Å². The Labute approximate surface area is 193 Å². The number of methoxy groups -OCH3 is 1. The van der Waals surface area contributed by atoms with E-state index in [-0.39, 0.29) is 19.4 Å². The van der Waals surface area contributed by atoms with E-state index in [4.69, 9.17) is 24.1 Å². The summed E-state index contributed by atoms with van der Waals surface area (Å²) in [5.74, 6) is -1.62. The van der Waals surface area contributed by atoms with E-state index in [0.29, 0.717) is 5.75 Å². The maximum Gasteiger partial charge on any atom is 0.330 e. The number of hydrogen-bond acceptors (Lipinski definition) is 8. The van der Waals surface area contributed by atoms with Crippen LogP contribution in [0.5, 0.6) is 5.75 Å². The molecule has 0 saturated heterocycles. The molecule has 9 heteroatoms. The molecule has 33 heavy (non-hydrogen) atoms. The van der Waals surface area contributed by atoms with E-state index in [2.05, 4.69) is 0 Å². The van der Waals surface area contributed by atoms with Crippen molar-refractivity contribution in [2.75, 3.05) is 7.11 Å². The van der Waals surface area contributed by atoms with Crippen molar-refractivity contribution >= 4 is 17.9 Å². The molecule has 0 unspecified atom stereocenters. The van der Waals surface area contributed by atoms with Crippen molar-refractivity contribution in [1.29, 1.82) is 0 Å². The molecule has 0 heterocycles. The third-order valence-corrected chi connectivity index (χ3v) is 4.31. The van der Waals surface area contributed by atoms with Gasteiger partial charge in [0.05, 0.1) is 26.2 Å². The number of aliphatic hydroxyl groups is 1. The minimum atomic E-state index is -1.08. The SMILES string of the molecule is COc1ccc(CO[C@H](/C=C/C(=O)O[C@@H](C)C/C=C/C(=O)O)[C@H](C)OC(=O)C[C@@H](C)O)cc1. The maximum atomic E-state index is 12.1. The van der Waals surface area contributed by atoms with E-state index < -0.39 is 42.3 Å². The number of aliphatic carboxylic acids is 1. The van der Waals surface area contributed by atoms with Crippen LogP contribution >= 0.6 is 0 Å². The fourth-order valence-corrected chi connectivity index (χ4v) is 2.65. The summed E-state index contributed by atoms with van der Waals surface area (Å²) in [4.78, 5) is 34.6. The van der Waals surface area contributed by atoms with Gasteiger partial charge >= 0.3 is 17.9 Å². The van der Waals surface area contributed by atoms with Gasteiger partial charge in [-0.3, -0.25) is 4.79 Å².